The summed E-state index contributed by atoms with van der Waals surface area (Å²) >= 11 is 0. The lowest BCUT2D eigenvalue weighted by Gasteiger charge is -2.15. The maximum Gasteiger partial charge on any atom is 0.162 e. The zero-order valence-electron chi connectivity index (χ0n) is 9.95. The number of hydrogen-bond donors (Lipinski definition) is 2. The lowest BCUT2D eigenvalue weighted by molar-refractivity contribution is 0.474. The summed E-state index contributed by atoms with van der Waals surface area (Å²) in [6.45, 7) is 2.63. The highest BCUT2D eigenvalue weighted by Crippen LogP contribution is 2.18. The van der Waals surface area contributed by atoms with Crippen molar-refractivity contribution in [3.05, 3.63) is 47.5 Å². The van der Waals surface area contributed by atoms with Gasteiger partial charge in [0.1, 0.15) is 12.2 Å². The van der Waals surface area contributed by atoms with Gasteiger partial charge in [-0.15, -0.1) is 0 Å². The van der Waals surface area contributed by atoms with Gasteiger partial charge in [-0.25, -0.2) is 13.8 Å². The van der Waals surface area contributed by atoms with Crippen LogP contribution >= 0.6 is 0 Å². The molecule has 2 N–H and O–H groups in total. The summed E-state index contributed by atoms with van der Waals surface area (Å²) in [7, 11) is 0. The number of nitrogens with one attached hydrogen (secondary N) is 2. The van der Waals surface area contributed by atoms with Gasteiger partial charge in [-0.3, -0.25) is 5.10 Å². The lowest BCUT2D eigenvalue weighted by atomic mass is 10.0. The van der Waals surface area contributed by atoms with E-state index in [0.29, 0.717) is 24.4 Å². The Kier molecular flexibility index (Phi) is 3.99. The van der Waals surface area contributed by atoms with Gasteiger partial charge in [0.2, 0.25) is 0 Å². The average Bonchev–Trinajstić information content (AvgIpc) is 2.88. The van der Waals surface area contributed by atoms with Crippen molar-refractivity contribution in [2.45, 2.75) is 19.4 Å². The smallest absolute Gasteiger partial charge is 0.162 e. The highest BCUT2D eigenvalue weighted by Gasteiger charge is 2.17. The molecule has 4 nitrogen and oxygen atoms in total. The number of rotatable bonds is 5. The minimum absolute atomic E-state index is 0.214. The quantitative estimate of drug-likeness (QED) is 0.855. The molecule has 0 aliphatic heterocycles. The average molecular weight is 252 g/mol. The molecule has 1 atom stereocenters. The molecule has 0 radical (unpaired) electrons. The van der Waals surface area contributed by atoms with E-state index < -0.39 is 11.6 Å². The van der Waals surface area contributed by atoms with E-state index >= 15 is 0 Å². The molecule has 18 heavy (non-hydrogen) atoms. The number of benzene rings is 1. The molecule has 0 saturated carbocycles. The van der Waals surface area contributed by atoms with Crippen LogP contribution in [0.15, 0.2) is 24.5 Å². The number of aromatic nitrogens is 3. The van der Waals surface area contributed by atoms with Gasteiger partial charge in [-0.2, -0.15) is 5.10 Å². The molecule has 2 aromatic rings. The SMILES string of the molecule is CCNC(Cc1cccc(F)c1F)c1ncn[nH]1. The standard InChI is InChI=1S/C12H14F2N4/c1-2-15-10(12-16-7-17-18-12)6-8-4-3-5-9(13)11(8)14/h3-5,7,10,15H,2,6H2,1H3,(H,16,17,18). The maximum absolute atomic E-state index is 13.6. The number of H-pyrrole nitrogens is 1. The Hall–Kier alpha value is -1.82. The van der Waals surface area contributed by atoms with Crippen LogP contribution in [-0.2, 0) is 6.42 Å². The van der Waals surface area contributed by atoms with Crippen molar-refractivity contribution in [1.29, 1.82) is 0 Å². The van der Waals surface area contributed by atoms with Crippen LogP contribution in [0, 0.1) is 11.6 Å². The first-order valence-corrected chi connectivity index (χ1v) is 5.74. The molecule has 0 fully saturated rings. The van der Waals surface area contributed by atoms with Crippen molar-refractivity contribution < 1.29 is 8.78 Å². The van der Waals surface area contributed by atoms with Crippen LogP contribution in [0.25, 0.3) is 0 Å². The Labute approximate surface area is 103 Å². The second-order valence-corrected chi connectivity index (χ2v) is 3.90. The Morgan fingerprint density at radius 2 is 2.22 bits per heavy atom. The fraction of sp³-hybridized carbons (Fsp3) is 0.333. The van der Waals surface area contributed by atoms with Crippen molar-refractivity contribution in [3.8, 4) is 0 Å². The molecule has 2 rings (SSSR count). The summed E-state index contributed by atoms with van der Waals surface area (Å²) in [5, 5.41) is 9.66. The van der Waals surface area contributed by atoms with Crippen LogP contribution in [0.2, 0.25) is 0 Å². The third kappa shape index (κ3) is 2.70. The molecule has 1 unspecified atom stereocenters. The van der Waals surface area contributed by atoms with Gasteiger partial charge in [0, 0.05) is 0 Å². The molecular formula is C12H14F2N4. The second kappa shape index (κ2) is 5.68. The number of hydrogen-bond acceptors (Lipinski definition) is 3. The first-order chi connectivity index (χ1) is 8.72. The molecule has 0 aliphatic carbocycles. The summed E-state index contributed by atoms with van der Waals surface area (Å²) < 4.78 is 26.7. The van der Waals surface area contributed by atoms with Crippen molar-refractivity contribution in [2.75, 3.05) is 6.54 Å². The Balaban J connectivity index is 2.21. The summed E-state index contributed by atoms with van der Waals surface area (Å²) in [6, 6.07) is 3.96. The van der Waals surface area contributed by atoms with Gasteiger partial charge in [0.15, 0.2) is 11.6 Å². The van der Waals surface area contributed by atoms with Crippen molar-refractivity contribution in [3.63, 3.8) is 0 Å². The van der Waals surface area contributed by atoms with E-state index in [1.165, 1.54) is 12.4 Å². The van der Waals surface area contributed by atoms with E-state index in [-0.39, 0.29) is 6.04 Å². The molecular weight excluding hydrogens is 238 g/mol. The molecule has 0 saturated heterocycles. The van der Waals surface area contributed by atoms with Gasteiger partial charge >= 0.3 is 0 Å². The second-order valence-electron chi connectivity index (χ2n) is 3.90. The Morgan fingerprint density at radius 3 is 2.89 bits per heavy atom. The number of nitrogens with zero attached hydrogens (tertiary/aromatic N) is 2. The molecule has 1 aromatic heterocycles. The van der Waals surface area contributed by atoms with Gasteiger partial charge in [0.25, 0.3) is 0 Å². The monoisotopic (exact) mass is 252 g/mol. The topological polar surface area (TPSA) is 53.6 Å². The van der Waals surface area contributed by atoms with E-state index in [0.717, 1.165) is 6.07 Å². The maximum atomic E-state index is 13.6. The predicted molar refractivity (Wildman–Crippen MR) is 62.9 cm³/mol. The molecule has 0 bridgehead atoms. The first kappa shape index (κ1) is 12.6. The zero-order chi connectivity index (χ0) is 13.0. The van der Waals surface area contributed by atoms with Crippen LogP contribution in [-0.4, -0.2) is 21.7 Å². The van der Waals surface area contributed by atoms with Crippen LogP contribution in [0.3, 0.4) is 0 Å². The normalized spacial score (nSPS) is 12.6. The van der Waals surface area contributed by atoms with Crippen LogP contribution < -0.4 is 5.32 Å². The largest absolute Gasteiger partial charge is 0.307 e. The molecule has 0 spiro atoms. The molecule has 96 valence electrons. The summed E-state index contributed by atoms with van der Waals surface area (Å²) in [6.07, 6.45) is 1.70. The zero-order valence-corrected chi connectivity index (χ0v) is 9.95. The van der Waals surface area contributed by atoms with Gasteiger partial charge in [-0.05, 0) is 24.6 Å². The van der Waals surface area contributed by atoms with Crippen molar-refractivity contribution in [1.82, 2.24) is 20.5 Å². The Bertz CT molecular complexity index is 499. The molecule has 1 aromatic carbocycles. The van der Waals surface area contributed by atoms with Gasteiger partial charge in [-0.1, -0.05) is 19.1 Å². The minimum atomic E-state index is -0.833. The van der Waals surface area contributed by atoms with Gasteiger partial charge < -0.3 is 5.32 Å². The molecule has 1 heterocycles. The van der Waals surface area contributed by atoms with E-state index in [1.807, 2.05) is 6.92 Å². The number of likely N-dealkylation sites (N-methyl/N-ethyl adjacent to an activating group) is 1. The van der Waals surface area contributed by atoms with Crippen LogP contribution in [0.4, 0.5) is 8.78 Å². The molecule has 6 heteroatoms. The number of halogens is 2. The third-order valence-electron chi connectivity index (χ3n) is 2.67. The lowest BCUT2D eigenvalue weighted by Crippen LogP contribution is -2.24. The summed E-state index contributed by atoms with van der Waals surface area (Å²) in [5.74, 6) is -1.03. The van der Waals surface area contributed by atoms with E-state index in [2.05, 4.69) is 20.5 Å². The highest BCUT2D eigenvalue weighted by atomic mass is 19.2. The molecule has 0 aliphatic rings. The highest BCUT2D eigenvalue weighted by molar-refractivity contribution is 5.21. The van der Waals surface area contributed by atoms with Crippen LogP contribution in [0.5, 0.6) is 0 Å². The summed E-state index contributed by atoms with van der Waals surface area (Å²) in [5.41, 5.74) is 0.317. The first-order valence-electron chi connectivity index (χ1n) is 5.74. The fourth-order valence-corrected chi connectivity index (χ4v) is 1.82. The van der Waals surface area contributed by atoms with Crippen molar-refractivity contribution in [2.24, 2.45) is 0 Å². The summed E-state index contributed by atoms with van der Waals surface area (Å²) in [4.78, 5) is 4.04. The number of aromatic amines is 1. The minimum Gasteiger partial charge on any atom is -0.307 e. The van der Waals surface area contributed by atoms with E-state index in [9.17, 15) is 8.78 Å². The molecule has 0 amide bonds. The third-order valence-corrected chi connectivity index (χ3v) is 2.67. The fourth-order valence-electron chi connectivity index (χ4n) is 1.82. The van der Waals surface area contributed by atoms with Crippen molar-refractivity contribution >= 4 is 0 Å². The Morgan fingerprint density at radius 1 is 1.39 bits per heavy atom. The predicted octanol–water partition coefficient (Wildman–Crippen LogP) is 1.98. The van der Waals surface area contributed by atoms with Gasteiger partial charge in [0.05, 0.1) is 6.04 Å². The van der Waals surface area contributed by atoms with E-state index in [1.54, 1.807) is 6.07 Å². The van der Waals surface area contributed by atoms with Crippen LogP contribution in [0.1, 0.15) is 24.4 Å². The van der Waals surface area contributed by atoms with E-state index in [4.69, 9.17) is 0 Å².